The van der Waals surface area contributed by atoms with Crippen molar-refractivity contribution in [2.45, 2.75) is 6.92 Å². The van der Waals surface area contributed by atoms with Gasteiger partial charge in [-0.2, -0.15) is 0 Å². The molecule has 0 aliphatic carbocycles. The van der Waals surface area contributed by atoms with Crippen LogP contribution in [0, 0.1) is 10.1 Å². The van der Waals surface area contributed by atoms with E-state index in [4.69, 9.17) is 4.74 Å². The first-order chi connectivity index (χ1) is 8.88. The van der Waals surface area contributed by atoms with Gasteiger partial charge in [0.05, 0.1) is 23.9 Å². The van der Waals surface area contributed by atoms with Gasteiger partial charge < -0.3 is 10.1 Å². The second-order valence-electron chi connectivity index (χ2n) is 3.84. The average molecular weight is 288 g/mol. The van der Waals surface area contributed by atoms with E-state index in [1.165, 1.54) is 19.2 Å². The Labute approximate surface area is 111 Å². The molecule has 7 nitrogen and oxygen atoms in total. The third kappa shape index (κ3) is 4.74. The highest BCUT2D eigenvalue weighted by molar-refractivity contribution is 7.91. The minimum absolute atomic E-state index is 0.0193. The maximum Gasteiger partial charge on any atom is 0.275 e. The van der Waals surface area contributed by atoms with Crippen molar-refractivity contribution in [2.75, 3.05) is 30.5 Å². The van der Waals surface area contributed by atoms with E-state index >= 15 is 0 Å². The number of nitrogens with one attached hydrogen (secondary N) is 1. The second kappa shape index (κ2) is 6.37. The van der Waals surface area contributed by atoms with Crippen molar-refractivity contribution in [1.82, 2.24) is 0 Å². The number of non-ortho nitro benzene ring substituents is 1. The predicted molar refractivity (Wildman–Crippen MR) is 72.5 cm³/mol. The van der Waals surface area contributed by atoms with E-state index in [1.54, 1.807) is 13.0 Å². The molecule has 1 N–H and O–H groups in total. The first-order valence-electron chi connectivity index (χ1n) is 5.65. The summed E-state index contributed by atoms with van der Waals surface area (Å²) in [5, 5.41) is 13.6. The van der Waals surface area contributed by atoms with Crippen LogP contribution in [-0.4, -0.2) is 38.5 Å². The van der Waals surface area contributed by atoms with Crippen LogP contribution in [0.1, 0.15) is 6.92 Å². The van der Waals surface area contributed by atoms with Crippen LogP contribution in [0.2, 0.25) is 0 Å². The maximum absolute atomic E-state index is 11.3. The Kier molecular flexibility index (Phi) is 5.11. The standard InChI is InChI=1S/C11H16N2O5S/c1-3-19(16,17)5-4-12-9-6-10(13(14)15)8-11(7-9)18-2/h6-8,12H,3-5H2,1-2H3. The third-order valence-electron chi connectivity index (χ3n) is 2.52. The fourth-order valence-electron chi connectivity index (χ4n) is 1.40. The molecule has 0 aromatic heterocycles. The first-order valence-corrected chi connectivity index (χ1v) is 7.48. The molecule has 0 saturated heterocycles. The normalized spacial score (nSPS) is 11.1. The van der Waals surface area contributed by atoms with Crippen molar-refractivity contribution in [3.05, 3.63) is 28.3 Å². The Morgan fingerprint density at radius 1 is 1.37 bits per heavy atom. The van der Waals surface area contributed by atoms with E-state index in [0.29, 0.717) is 11.4 Å². The van der Waals surface area contributed by atoms with E-state index in [9.17, 15) is 18.5 Å². The smallest absolute Gasteiger partial charge is 0.275 e. The van der Waals surface area contributed by atoms with Crippen LogP contribution in [-0.2, 0) is 9.84 Å². The summed E-state index contributed by atoms with van der Waals surface area (Å²) >= 11 is 0. The number of rotatable bonds is 7. The highest BCUT2D eigenvalue weighted by atomic mass is 32.2. The molecule has 1 rings (SSSR count). The molecule has 0 aliphatic rings. The average Bonchev–Trinajstić information content (AvgIpc) is 2.38. The molecule has 1 aromatic carbocycles. The van der Waals surface area contributed by atoms with Crippen molar-refractivity contribution >= 4 is 21.2 Å². The van der Waals surface area contributed by atoms with Gasteiger partial charge in [-0.3, -0.25) is 10.1 Å². The zero-order chi connectivity index (χ0) is 14.5. The zero-order valence-corrected chi connectivity index (χ0v) is 11.6. The lowest BCUT2D eigenvalue weighted by molar-refractivity contribution is -0.384. The van der Waals surface area contributed by atoms with Gasteiger partial charge in [0.15, 0.2) is 9.84 Å². The molecule has 0 aliphatic heterocycles. The summed E-state index contributed by atoms with van der Waals surface area (Å²) in [6, 6.07) is 4.21. The molecule has 1 aromatic rings. The van der Waals surface area contributed by atoms with Gasteiger partial charge in [0.1, 0.15) is 5.75 Å². The van der Waals surface area contributed by atoms with Crippen molar-refractivity contribution in [3.63, 3.8) is 0 Å². The summed E-state index contributed by atoms with van der Waals surface area (Å²) in [7, 11) is -1.65. The minimum Gasteiger partial charge on any atom is -0.496 e. The molecule has 0 bridgehead atoms. The van der Waals surface area contributed by atoms with Gasteiger partial charge in [0.2, 0.25) is 0 Å². The summed E-state index contributed by atoms with van der Waals surface area (Å²) in [6.45, 7) is 1.77. The Hall–Kier alpha value is -1.83. The fourth-order valence-corrected chi connectivity index (χ4v) is 2.11. The number of benzene rings is 1. The zero-order valence-electron chi connectivity index (χ0n) is 10.8. The lowest BCUT2D eigenvalue weighted by Crippen LogP contribution is -2.17. The van der Waals surface area contributed by atoms with Crippen molar-refractivity contribution in [2.24, 2.45) is 0 Å². The summed E-state index contributed by atoms with van der Waals surface area (Å²) in [5.74, 6) is 0.400. The number of hydrogen-bond acceptors (Lipinski definition) is 6. The van der Waals surface area contributed by atoms with E-state index in [-0.39, 0.29) is 23.7 Å². The van der Waals surface area contributed by atoms with Crippen LogP contribution in [0.15, 0.2) is 18.2 Å². The van der Waals surface area contributed by atoms with Gasteiger partial charge in [-0.15, -0.1) is 0 Å². The van der Waals surface area contributed by atoms with Gasteiger partial charge in [-0.05, 0) is 0 Å². The summed E-state index contributed by atoms with van der Waals surface area (Å²) < 4.78 is 27.6. The third-order valence-corrected chi connectivity index (χ3v) is 4.23. The van der Waals surface area contributed by atoms with Crippen molar-refractivity contribution < 1.29 is 18.1 Å². The molecule has 106 valence electrons. The molecule has 0 atom stereocenters. The fraction of sp³-hybridized carbons (Fsp3) is 0.455. The van der Waals surface area contributed by atoms with Gasteiger partial charge in [-0.25, -0.2) is 8.42 Å². The lowest BCUT2D eigenvalue weighted by Gasteiger charge is -2.08. The molecule has 0 radical (unpaired) electrons. The van der Waals surface area contributed by atoms with Crippen molar-refractivity contribution in [3.8, 4) is 5.75 Å². The molecule has 8 heteroatoms. The number of ether oxygens (including phenoxy) is 1. The van der Waals surface area contributed by atoms with Crippen LogP contribution < -0.4 is 10.1 Å². The van der Waals surface area contributed by atoms with Gasteiger partial charge in [0.25, 0.3) is 5.69 Å². The first kappa shape index (κ1) is 15.2. The van der Waals surface area contributed by atoms with E-state index in [0.717, 1.165) is 0 Å². The van der Waals surface area contributed by atoms with Crippen LogP contribution in [0.5, 0.6) is 5.75 Å². The van der Waals surface area contributed by atoms with Crippen LogP contribution in [0.25, 0.3) is 0 Å². The van der Waals surface area contributed by atoms with E-state index < -0.39 is 14.8 Å². The molecule has 0 amide bonds. The second-order valence-corrected chi connectivity index (χ2v) is 6.31. The molecule has 0 fully saturated rings. The molecule has 0 saturated carbocycles. The number of anilines is 1. The quantitative estimate of drug-likeness (QED) is 0.602. The molecule has 0 unspecified atom stereocenters. The van der Waals surface area contributed by atoms with Crippen LogP contribution in [0.3, 0.4) is 0 Å². The Morgan fingerprint density at radius 3 is 2.58 bits per heavy atom. The monoisotopic (exact) mass is 288 g/mol. The van der Waals surface area contributed by atoms with Gasteiger partial charge in [0, 0.05) is 30.1 Å². The molecule has 0 spiro atoms. The lowest BCUT2D eigenvalue weighted by atomic mass is 10.2. The Bertz CT molecular complexity index is 556. The van der Waals surface area contributed by atoms with Crippen LogP contribution >= 0.6 is 0 Å². The number of nitro benzene ring substituents is 1. The SMILES string of the molecule is CCS(=O)(=O)CCNc1cc(OC)cc([N+](=O)[O-])c1. The Morgan fingerprint density at radius 2 is 2.05 bits per heavy atom. The largest absolute Gasteiger partial charge is 0.496 e. The molecule has 19 heavy (non-hydrogen) atoms. The Balaban J connectivity index is 2.78. The minimum atomic E-state index is -3.06. The highest BCUT2D eigenvalue weighted by Gasteiger charge is 2.11. The maximum atomic E-state index is 11.3. The van der Waals surface area contributed by atoms with Crippen LogP contribution in [0.4, 0.5) is 11.4 Å². The van der Waals surface area contributed by atoms with Crippen molar-refractivity contribution in [1.29, 1.82) is 0 Å². The topological polar surface area (TPSA) is 98.5 Å². The van der Waals surface area contributed by atoms with Gasteiger partial charge >= 0.3 is 0 Å². The molecule has 0 heterocycles. The van der Waals surface area contributed by atoms with Gasteiger partial charge in [-0.1, -0.05) is 6.92 Å². The number of methoxy groups -OCH3 is 1. The summed E-state index contributed by atoms with van der Waals surface area (Å²) in [6.07, 6.45) is 0. The summed E-state index contributed by atoms with van der Waals surface area (Å²) in [5.41, 5.74) is 0.345. The van der Waals surface area contributed by atoms with E-state index in [2.05, 4.69) is 5.32 Å². The number of sulfone groups is 1. The predicted octanol–water partition coefficient (Wildman–Crippen LogP) is 1.45. The van der Waals surface area contributed by atoms with E-state index in [1.807, 2.05) is 0 Å². The number of nitro groups is 1. The molecular weight excluding hydrogens is 272 g/mol. The number of hydrogen-bond donors (Lipinski definition) is 1. The molecular formula is C11H16N2O5S. The summed E-state index contributed by atoms with van der Waals surface area (Å²) in [4.78, 5) is 10.2. The highest BCUT2D eigenvalue weighted by Crippen LogP contribution is 2.25. The number of nitrogens with zero attached hydrogens (tertiary/aromatic N) is 1.